The van der Waals surface area contributed by atoms with Crippen molar-refractivity contribution in [2.75, 3.05) is 33.0 Å². The Hall–Kier alpha value is -3.58. The number of esters is 2. The molecule has 0 amide bonds. The zero-order valence-corrected chi connectivity index (χ0v) is 25.1. The molecule has 0 bridgehead atoms. The summed E-state index contributed by atoms with van der Waals surface area (Å²) >= 11 is 0. The number of rotatable bonds is 17. The van der Waals surface area contributed by atoms with Gasteiger partial charge in [-0.1, -0.05) is 50.8 Å². The molecule has 7 nitrogen and oxygen atoms in total. The zero-order chi connectivity index (χ0) is 30.3. The van der Waals surface area contributed by atoms with Gasteiger partial charge in [0, 0.05) is 11.5 Å². The molecule has 1 aliphatic rings. The Bertz CT molecular complexity index is 1140. The van der Waals surface area contributed by atoms with Crippen LogP contribution in [0.1, 0.15) is 69.4 Å². The van der Waals surface area contributed by atoms with Gasteiger partial charge < -0.3 is 24.1 Å². The second-order valence-corrected chi connectivity index (χ2v) is 11.2. The van der Waals surface area contributed by atoms with Crippen molar-refractivity contribution >= 4 is 11.9 Å². The first-order chi connectivity index (χ1) is 20.3. The van der Waals surface area contributed by atoms with Crippen LogP contribution in [0.3, 0.4) is 0 Å². The highest BCUT2D eigenvalue weighted by molar-refractivity contribution is 5.88. The Morgan fingerprint density at radius 2 is 1.40 bits per heavy atom. The number of carbonyl (C=O) groups is 2. The van der Waals surface area contributed by atoms with E-state index in [1.54, 1.807) is 6.92 Å². The molecule has 1 aliphatic carbocycles. The fraction of sp³-hybridized carbons (Fsp3) is 0.486. The number of hydrogen-bond acceptors (Lipinski definition) is 7. The molecule has 1 N–H and O–H groups in total. The fourth-order valence-electron chi connectivity index (χ4n) is 5.07. The quantitative estimate of drug-likeness (QED) is 0.129. The molecule has 3 rings (SSSR count). The number of aliphatic hydroxyl groups excluding tert-OH is 1. The van der Waals surface area contributed by atoms with E-state index in [2.05, 4.69) is 44.3 Å². The first-order valence-electron chi connectivity index (χ1n) is 15.0. The van der Waals surface area contributed by atoms with Crippen LogP contribution < -0.4 is 9.47 Å². The average molecular weight is 579 g/mol. The zero-order valence-electron chi connectivity index (χ0n) is 25.1. The molecule has 1 saturated carbocycles. The van der Waals surface area contributed by atoms with Crippen LogP contribution in [0.15, 0.2) is 72.8 Å². The van der Waals surface area contributed by atoms with E-state index < -0.39 is 18.5 Å². The second-order valence-electron chi connectivity index (χ2n) is 11.2. The van der Waals surface area contributed by atoms with Crippen molar-refractivity contribution in [3.8, 4) is 11.5 Å². The minimum Gasteiger partial charge on any atom is -0.490 e. The summed E-state index contributed by atoms with van der Waals surface area (Å²) in [5, 5.41) is 9.07. The molecular formula is C35H46O7. The van der Waals surface area contributed by atoms with Crippen molar-refractivity contribution in [1.29, 1.82) is 0 Å². The highest BCUT2D eigenvalue weighted by Gasteiger charge is 2.21. The molecule has 2 aromatic carbocycles. The van der Waals surface area contributed by atoms with Crippen LogP contribution in [-0.4, -0.2) is 50.1 Å². The highest BCUT2D eigenvalue weighted by Crippen LogP contribution is 2.37. The van der Waals surface area contributed by atoms with Crippen molar-refractivity contribution in [2.45, 2.75) is 64.7 Å². The molecule has 1 fully saturated rings. The van der Waals surface area contributed by atoms with Crippen LogP contribution in [-0.2, 0) is 25.5 Å². The highest BCUT2D eigenvalue weighted by atomic mass is 16.5. The van der Waals surface area contributed by atoms with Gasteiger partial charge in [0.15, 0.2) is 0 Å². The maximum Gasteiger partial charge on any atom is 0.335 e. The van der Waals surface area contributed by atoms with E-state index in [-0.39, 0.29) is 24.7 Å². The summed E-state index contributed by atoms with van der Waals surface area (Å²) in [5.74, 6) is 1.81. The number of hydrogen-bond donors (Lipinski definition) is 1. The Morgan fingerprint density at radius 1 is 0.857 bits per heavy atom. The third-order valence-corrected chi connectivity index (χ3v) is 7.89. The normalized spacial score (nSPS) is 17.1. The molecule has 1 unspecified atom stereocenters. The topological polar surface area (TPSA) is 91.3 Å². The van der Waals surface area contributed by atoms with E-state index >= 15 is 0 Å². The van der Waals surface area contributed by atoms with E-state index in [1.165, 1.54) is 37.7 Å². The predicted octanol–water partition coefficient (Wildman–Crippen LogP) is 6.59. The molecule has 0 aromatic heterocycles. The molecule has 0 spiro atoms. The van der Waals surface area contributed by atoms with Crippen LogP contribution in [0, 0.1) is 11.8 Å². The first-order valence-corrected chi connectivity index (χ1v) is 15.0. The van der Waals surface area contributed by atoms with Crippen molar-refractivity contribution in [1.82, 2.24) is 0 Å². The lowest BCUT2D eigenvalue weighted by Crippen LogP contribution is -2.22. The van der Waals surface area contributed by atoms with Gasteiger partial charge in [0.25, 0.3) is 0 Å². The number of carbonyl (C=O) groups excluding carboxylic acids is 2. The first kappa shape index (κ1) is 32.9. The van der Waals surface area contributed by atoms with Gasteiger partial charge in [0.1, 0.15) is 24.7 Å². The summed E-state index contributed by atoms with van der Waals surface area (Å²) in [6.45, 7) is 11.5. The standard InChI is InChI=1S/C35H46O7/c1-5-27-8-12-30(13-9-27)31-14-18-33(19-15-31)40-21-20-39-32-16-10-28(11-17-32)6-7-29(23-41-34(37)25(2)3)24-42-35(38)26(4)22-36/h10-11,14-19,27,29-30,36H,2,4-9,12-13,20-24H2,1,3H3. The van der Waals surface area contributed by atoms with E-state index in [4.69, 9.17) is 24.1 Å². The summed E-state index contributed by atoms with van der Waals surface area (Å²) in [6.07, 6.45) is 7.86. The van der Waals surface area contributed by atoms with E-state index in [1.807, 2.05) is 24.3 Å². The monoisotopic (exact) mass is 578 g/mol. The number of ether oxygens (including phenoxy) is 4. The van der Waals surface area contributed by atoms with Crippen molar-refractivity contribution < 1.29 is 33.6 Å². The molecule has 1 atom stereocenters. The van der Waals surface area contributed by atoms with Crippen LogP contribution in [0.5, 0.6) is 11.5 Å². The lowest BCUT2D eigenvalue weighted by Gasteiger charge is -2.28. The van der Waals surface area contributed by atoms with Crippen molar-refractivity contribution in [2.24, 2.45) is 11.8 Å². The van der Waals surface area contributed by atoms with E-state index in [0.717, 1.165) is 23.0 Å². The van der Waals surface area contributed by atoms with E-state index in [0.29, 0.717) is 37.5 Å². The number of benzene rings is 2. The van der Waals surface area contributed by atoms with Crippen LogP contribution in [0.4, 0.5) is 0 Å². The summed E-state index contributed by atoms with van der Waals surface area (Å²) < 4.78 is 22.3. The third-order valence-electron chi connectivity index (χ3n) is 7.89. The molecule has 42 heavy (non-hydrogen) atoms. The molecule has 2 aromatic rings. The molecule has 0 radical (unpaired) electrons. The van der Waals surface area contributed by atoms with Gasteiger partial charge in [-0.15, -0.1) is 0 Å². The molecule has 0 heterocycles. The summed E-state index contributed by atoms with van der Waals surface area (Å²) in [6, 6.07) is 16.3. The third kappa shape index (κ3) is 11.0. The van der Waals surface area contributed by atoms with Gasteiger partial charge in [0.05, 0.1) is 25.4 Å². The number of aryl methyl sites for hydroxylation is 1. The summed E-state index contributed by atoms with van der Waals surface area (Å²) in [7, 11) is 0. The maximum atomic E-state index is 11.9. The van der Waals surface area contributed by atoms with Gasteiger partial charge >= 0.3 is 11.9 Å². The second kappa shape index (κ2) is 17.4. The van der Waals surface area contributed by atoms with Crippen LogP contribution >= 0.6 is 0 Å². The van der Waals surface area contributed by atoms with Crippen molar-refractivity contribution in [3.63, 3.8) is 0 Å². The molecular weight excluding hydrogens is 532 g/mol. The van der Waals surface area contributed by atoms with Crippen LogP contribution in [0.25, 0.3) is 0 Å². The molecule has 228 valence electrons. The van der Waals surface area contributed by atoms with Gasteiger partial charge in [-0.25, -0.2) is 9.59 Å². The minimum absolute atomic E-state index is 0.0219. The summed E-state index contributed by atoms with van der Waals surface area (Å²) in [4.78, 5) is 23.7. The average Bonchev–Trinajstić information content (AvgIpc) is 3.02. The number of aliphatic hydroxyl groups is 1. The smallest absolute Gasteiger partial charge is 0.335 e. The lowest BCUT2D eigenvalue weighted by molar-refractivity contribution is -0.144. The largest absolute Gasteiger partial charge is 0.490 e. The Labute approximate surface area is 250 Å². The van der Waals surface area contributed by atoms with Gasteiger partial charge in [-0.2, -0.15) is 0 Å². The SMILES string of the molecule is C=C(C)C(=O)OCC(CCc1ccc(OCCOc2ccc(C3CCC(CC)CC3)cc2)cc1)COC(=O)C(=C)CO. The molecule has 7 heteroatoms. The molecule has 0 aliphatic heterocycles. The predicted molar refractivity (Wildman–Crippen MR) is 164 cm³/mol. The minimum atomic E-state index is -0.666. The Balaban J connectivity index is 1.39. The van der Waals surface area contributed by atoms with Crippen molar-refractivity contribution in [3.05, 3.63) is 84.0 Å². The Kier molecular flexibility index (Phi) is 13.6. The Morgan fingerprint density at radius 3 is 1.93 bits per heavy atom. The van der Waals surface area contributed by atoms with Gasteiger partial charge in [-0.05, 0) is 92.7 Å². The van der Waals surface area contributed by atoms with Gasteiger partial charge in [-0.3, -0.25) is 0 Å². The van der Waals surface area contributed by atoms with E-state index in [9.17, 15) is 9.59 Å². The lowest BCUT2D eigenvalue weighted by atomic mass is 9.78. The molecule has 0 saturated heterocycles. The fourth-order valence-corrected chi connectivity index (χ4v) is 5.07. The van der Waals surface area contributed by atoms with Crippen LogP contribution in [0.2, 0.25) is 0 Å². The maximum absolute atomic E-state index is 11.9. The van der Waals surface area contributed by atoms with Gasteiger partial charge in [0.2, 0.25) is 0 Å². The summed E-state index contributed by atoms with van der Waals surface area (Å²) in [5.41, 5.74) is 2.77.